The molecule has 1 aromatic carbocycles. The third-order valence-electron chi connectivity index (χ3n) is 2.61. The van der Waals surface area contributed by atoms with Crippen molar-refractivity contribution in [1.82, 2.24) is 9.78 Å². The van der Waals surface area contributed by atoms with Crippen LogP contribution in [0.25, 0.3) is 10.9 Å². The number of aryl methyl sites for hydroxylation is 1. The second kappa shape index (κ2) is 3.42. The van der Waals surface area contributed by atoms with Crippen LogP contribution < -0.4 is 5.73 Å². The van der Waals surface area contributed by atoms with Crippen molar-refractivity contribution in [3.8, 4) is 0 Å². The summed E-state index contributed by atoms with van der Waals surface area (Å²) in [6.45, 7) is 2.75. The van der Waals surface area contributed by atoms with Crippen molar-refractivity contribution in [3.05, 3.63) is 30.0 Å². The van der Waals surface area contributed by atoms with Crippen LogP contribution in [0, 0.1) is 0 Å². The fourth-order valence-electron chi connectivity index (χ4n) is 1.72. The first-order valence-electron chi connectivity index (χ1n) is 4.85. The van der Waals surface area contributed by atoms with Gasteiger partial charge in [0.15, 0.2) is 0 Å². The SMILES string of the molecule is CC(CN)c1nn(C)c2ccccc12. The molecule has 2 aromatic rings. The molecule has 74 valence electrons. The predicted octanol–water partition coefficient (Wildman–Crippen LogP) is 1.64. The standard InChI is InChI=1S/C11H15N3/c1-8(7-12)11-9-5-3-4-6-10(9)14(2)13-11/h3-6,8H,7,12H2,1-2H3. The minimum Gasteiger partial charge on any atom is -0.330 e. The lowest BCUT2D eigenvalue weighted by Gasteiger charge is -2.03. The van der Waals surface area contributed by atoms with E-state index in [-0.39, 0.29) is 0 Å². The van der Waals surface area contributed by atoms with Crippen molar-refractivity contribution in [2.45, 2.75) is 12.8 Å². The van der Waals surface area contributed by atoms with Gasteiger partial charge < -0.3 is 5.73 Å². The van der Waals surface area contributed by atoms with E-state index in [0.29, 0.717) is 12.5 Å². The Hall–Kier alpha value is -1.35. The normalized spacial score (nSPS) is 13.4. The zero-order valence-electron chi connectivity index (χ0n) is 8.57. The van der Waals surface area contributed by atoms with Crippen LogP contribution in [0.1, 0.15) is 18.5 Å². The Morgan fingerprint density at radius 3 is 2.86 bits per heavy atom. The van der Waals surface area contributed by atoms with E-state index in [9.17, 15) is 0 Å². The number of hydrogen-bond donors (Lipinski definition) is 1. The molecule has 1 heterocycles. The summed E-state index contributed by atoms with van der Waals surface area (Å²) in [5.74, 6) is 0.320. The first-order valence-corrected chi connectivity index (χ1v) is 4.85. The number of aromatic nitrogens is 2. The highest BCUT2D eigenvalue weighted by atomic mass is 15.3. The van der Waals surface area contributed by atoms with Gasteiger partial charge in [0, 0.05) is 24.9 Å². The lowest BCUT2D eigenvalue weighted by molar-refractivity contribution is 0.697. The minimum absolute atomic E-state index is 0.320. The first-order chi connectivity index (χ1) is 6.74. The smallest absolute Gasteiger partial charge is 0.0743 e. The van der Waals surface area contributed by atoms with E-state index in [4.69, 9.17) is 5.73 Å². The van der Waals surface area contributed by atoms with Crippen molar-refractivity contribution in [1.29, 1.82) is 0 Å². The van der Waals surface area contributed by atoms with Gasteiger partial charge in [-0.3, -0.25) is 4.68 Å². The van der Waals surface area contributed by atoms with Crippen LogP contribution in [0.4, 0.5) is 0 Å². The van der Waals surface area contributed by atoms with Crippen LogP contribution in [0.15, 0.2) is 24.3 Å². The third kappa shape index (κ3) is 1.30. The summed E-state index contributed by atoms with van der Waals surface area (Å²) in [7, 11) is 1.97. The Morgan fingerprint density at radius 2 is 2.14 bits per heavy atom. The van der Waals surface area contributed by atoms with Crippen LogP contribution in [-0.2, 0) is 7.05 Å². The molecular formula is C11H15N3. The Labute approximate surface area is 83.5 Å². The largest absolute Gasteiger partial charge is 0.330 e. The molecular weight excluding hydrogens is 174 g/mol. The quantitative estimate of drug-likeness (QED) is 0.780. The van der Waals surface area contributed by atoms with Crippen molar-refractivity contribution >= 4 is 10.9 Å². The Bertz CT molecular complexity index is 445. The molecule has 0 spiro atoms. The summed E-state index contributed by atoms with van der Waals surface area (Å²) in [6, 6.07) is 8.25. The number of hydrogen-bond acceptors (Lipinski definition) is 2. The van der Waals surface area contributed by atoms with Crippen molar-refractivity contribution in [3.63, 3.8) is 0 Å². The maximum absolute atomic E-state index is 5.66. The molecule has 1 unspecified atom stereocenters. The Balaban J connectivity index is 2.66. The number of nitrogens with zero attached hydrogens (tertiary/aromatic N) is 2. The van der Waals surface area contributed by atoms with Crippen LogP contribution >= 0.6 is 0 Å². The number of fused-ring (bicyclic) bond motifs is 1. The van der Waals surface area contributed by atoms with E-state index in [0.717, 1.165) is 5.69 Å². The molecule has 0 aliphatic carbocycles. The van der Waals surface area contributed by atoms with Gasteiger partial charge in [0.1, 0.15) is 0 Å². The first kappa shape index (κ1) is 9.21. The van der Waals surface area contributed by atoms with Gasteiger partial charge in [-0.15, -0.1) is 0 Å². The molecule has 0 aliphatic heterocycles. The highest BCUT2D eigenvalue weighted by Gasteiger charge is 2.12. The Kier molecular flexibility index (Phi) is 2.25. The minimum atomic E-state index is 0.320. The second-order valence-electron chi connectivity index (χ2n) is 3.66. The summed E-state index contributed by atoms with van der Waals surface area (Å²) < 4.78 is 1.91. The maximum Gasteiger partial charge on any atom is 0.0743 e. The molecule has 1 aromatic heterocycles. The van der Waals surface area contributed by atoms with Gasteiger partial charge >= 0.3 is 0 Å². The molecule has 14 heavy (non-hydrogen) atoms. The topological polar surface area (TPSA) is 43.8 Å². The molecule has 3 nitrogen and oxygen atoms in total. The number of benzene rings is 1. The predicted molar refractivity (Wildman–Crippen MR) is 58.2 cm³/mol. The van der Waals surface area contributed by atoms with Crippen LogP contribution in [-0.4, -0.2) is 16.3 Å². The second-order valence-corrected chi connectivity index (χ2v) is 3.66. The Morgan fingerprint density at radius 1 is 1.43 bits per heavy atom. The van der Waals surface area contributed by atoms with E-state index in [2.05, 4.69) is 24.2 Å². The molecule has 0 saturated heterocycles. The number of nitrogens with two attached hydrogens (primary N) is 1. The number of rotatable bonds is 2. The number of para-hydroxylation sites is 1. The third-order valence-corrected chi connectivity index (χ3v) is 2.61. The van der Waals surface area contributed by atoms with Crippen LogP contribution in [0.5, 0.6) is 0 Å². The van der Waals surface area contributed by atoms with E-state index < -0.39 is 0 Å². The molecule has 3 heteroatoms. The molecule has 2 N–H and O–H groups in total. The van der Waals surface area contributed by atoms with Crippen molar-refractivity contribution in [2.75, 3.05) is 6.54 Å². The van der Waals surface area contributed by atoms with Crippen LogP contribution in [0.3, 0.4) is 0 Å². The zero-order chi connectivity index (χ0) is 10.1. The molecule has 0 fully saturated rings. The van der Waals surface area contributed by atoms with Gasteiger partial charge in [-0.2, -0.15) is 5.10 Å². The molecule has 0 radical (unpaired) electrons. The monoisotopic (exact) mass is 189 g/mol. The highest BCUT2D eigenvalue weighted by Crippen LogP contribution is 2.23. The fraction of sp³-hybridized carbons (Fsp3) is 0.364. The lowest BCUT2D eigenvalue weighted by atomic mass is 10.0. The summed E-state index contributed by atoms with van der Waals surface area (Å²) in [5, 5.41) is 5.71. The van der Waals surface area contributed by atoms with E-state index >= 15 is 0 Å². The molecule has 0 aliphatic rings. The highest BCUT2D eigenvalue weighted by molar-refractivity contribution is 5.82. The molecule has 0 amide bonds. The van der Waals surface area contributed by atoms with E-state index in [1.807, 2.05) is 23.9 Å². The van der Waals surface area contributed by atoms with E-state index in [1.165, 1.54) is 10.9 Å². The summed E-state index contributed by atoms with van der Waals surface area (Å²) in [4.78, 5) is 0. The summed E-state index contributed by atoms with van der Waals surface area (Å²) >= 11 is 0. The zero-order valence-corrected chi connectivity index (χ0v) is 8.57. The maximum atomic E-state index is 5.66. The van der Waals surface area contributed by atoms with E-state index in [1.54, 1.807) is 0 Å². The van der Waals surface area contributed by atoms with Gasteiger partial charge in [0.25, 0.3) is 0 Å². The fourth-order valence-corrected chi connectivity index (χ4v) is 1.72. The van der Waals surface area contributed by atoms with Crippen LogP contribution in [0.2, 0.25) is 0 Å². The van der Waals surface area contributed by atoms with Gasteiger partial charge in [0.2, 0.25) is 0 Å². The van der Waals surface area contributed by atoms with Crippen molar-refractivity contribution < 1.29 is 0 Å². The average Bonchev–Trinajstić information content (AvgIpc) is 2.56. The molecule has 2 rings (SSSR count). The summed E-state index contributed by atoms with van der Waals surface area (Å²) in [5.41, 5.74) is 7.93. The van der Waals surface area contributed by atoms with Gasteiger partial charge in [0.05, 0.1) is 11.2 Å². The van der Waals surface area contributed by atoms with Gasteiger partial charge in [-0.1, -0.05) is 25.1 Å². The van der Waals surface area contributed by atoms with Gasteiger partial charge in [-0.25, -0.2) is 0 Å². The van der Waals surface area contributed by atoms with Gasteiger partial charge in [-0.05, 0) is 6.07 Å². The average molecular weight is 189 g/mol. The van der Waals surface area contributed by atoms with Crippen molar-refractivity contribution in [2.24, 2.45) is 12.8 Å². The summed E-state index contributed by atoms with van der Waals surface area (Å²) in [6.07, 6.45) is 0. The lowest BCUT2D eigenvalue weighted by Crippen LogP contribution is -2.09. The molecule has 0 saturated carbocycles. The molecule has 0 bridgehead atoms. The molecule has 1 atom stereocenters.